The van der Waals surface area contributed by atoms with Crippen LogP contribution in [0.2, 0.25) is 0 Å². The summed E-state index contributed by atoms with van der Waals surface area (Å²) in [5.74, 6) is 0.0414. The molecule has 124 valence electrons. The minimum atomic E-state index is -0.317. The van der Waals surface area contributed by atoms with Crippen molar-refractivity contribution in [2.45, 2.75) is 26.2 Å². The molecule has 2 aromatic carbocycles. The molecule has 0 spiro atoms. The Morgan fingerprint density at radius 1 is 1.08 bits per heavy atom. The summed E-state index contributed by atoms with van der Waals surface area (Å²) in [6.07, 6.45) is 0.255. The number of amides is 2. The Morgan fingerprint density at radius 2 is 1.75 bits per heavy atom. The van der Waals surface area contributed by atoms with E-state index in [0.29, 0.717) is 12.5 Å². The van der Waals surface area contributed by atoms with Crippen LogP contribution in [0, 0.1) is 5.92 Å². The van der Waals surface area contributed by atoms with Crippen LogP contribution in [0.4, 0.5) is 11.4 Å². The number of rotatable bonds is 4. The smallest absolute Gasteiger partial charge is 0.229 e. The monoisotopic (exact) mass is 322 g/mol. The van der Waals surface area contributed by atoms with Crippen LogP contribution in [0.5, 0.6) is 0 Å². The number of carbonyl (C=O) groups excluding carboxylic acids is 2. The summed E-state index contributed by atoms with van der Waals surface area (Å²) in [5, 5.41) is 2.92. The van der Waals surface area contributed by atoms with Crippen LogP contribution in [-0.4, -0.2) is 18.4 Å². The van der Waals surface area contributed by atoms with Crippen LogP contribution in [-0.2, 0) is 9.59 Å². The lowest BCUT2D eigenvalue weighted by Crippen LogP contribution is -2.28. The third kappa shape index (κ3) is 3.48. The predicted molar refractivity (Wildman–Crippen MR) is 96.1 cm³/mol. The van der Waals surface area contributed by atoms with Crippen molar-refractivity contribution in [3.63, 3.8) is 0 Å². The van der Waals surface area contributed by atoms with Crippen molar-refractivity contribution in [1.29, 1.82) is 0 Å². The molecule has 4 heteroatoms. The summed E-state index contributed by atoms with van der Waals surface area (Å²) in [7, 11) is 0. The van der Waals surface area contributed by atoms with Gasteiger partial charge in [-0.05, 0) is 35.7 Å². The molecule has 2 aromatic rings. The van der Waals surface area contributed by atoms with Gasteiger partial charge in [0, 0.05) is 24.3 Å². The molecule has 2 amide bonds. The van der Waals surface area contributed by atoms with E-state index >= 15 is 0 Å². The van der Waals surface area contributed by atoms with E-state index < -0.39 is 0 Å². The minimum absolute atomic E-state index is 0.00324. The van der Waals surface area contributed by atoms with Gasteiger partial charge in [-0.2, -0.15) is 0 Å². The van der Waals surface area contributed by atoms with Crippen molar-refractivity contribution < 1.29 is 9.59 Å². The molecule has 0 saturated carbocycles. The van der Waals surface area contributed by atoms with Crippen LogP contribution in [0.1, 0.15) is 31.7 Å². The minimum Gasteiger partial charge on any atom is -0.326 e. The Morgan fingerprint density at radius 3 is 2.38 bits per heavy atom. The second-order valence-electron chi connectivity index (χ2n) is 6.51. The SMILES string of the molecule is CC(C)c1ccc(NC(=O)[C@H]2CC(=O)N(c3ccccc3)C2)cc1. The number of benzene rings is 2. The average Bonchev–Trinajstić information content (AvgIpc) is 2.98. The van der Waals surface area contributed by atoms with Crippen molar-refractivity contribution in [3.05, 3.63) is 60.2 Å². The molecule has 1 aliphatic heterocycles. The zero-order chi connectivity index (χ0) is 17.1. The average molecular weight is 322 g/mol. The zero-order valence-corrected chi connectivity index (χ0v) is 14.0. The molecule has 4 nitrogen and oxygen atoms in total. The number of carbonyl (C=O) groups is 2. The van der Waals surface area contributed by atoms with Gasteiger partial charge in [-0.1, -0.05) is 44.2 Å². The third-order valence-electron chi connectivity index (χ3n) is 4.41. The van der Waals surface area contributed by atoms with Crippen LogP contribution < -0.4 is 10.2 Å². The molecule has 1 fully saturated rings. The molecule has 0 bridgehead atoms. The molecule has 0 aromatic heterocycles. The van der Waals surface area contributed by atoms with Gasteiger partial charge >= 0.3 is 0 Å². The fourth-order valence-corrected chi connectivity index (χ4v) is 2.94. The van der Waals surface area contributed by atoms with Crippen LogP contribution in [0.15, 0.2) is 54.6 Å². The van der Waals surface area contributed by atoms with E-state index in [9.17, 15) is 9.59 Å². The van der Waals surface area contributed by atoms with Crippen molar-refractivity contribution in [2.24, 2.45) is 5.92 Å². The highest BCUT2D eigenvalue weighted by Crippen LogP contribution is 2.26. The molecule has 0 aliphatic carbocycles. The van der Waals surface area contributed by atoms with Gasteiger partial charge in [0.25, 0.3) is 0 Å². The number of para-hydroxylation sites is 1. The van der Waals surface area contributed by atoms with E-state index in [0.717, 1.165) is 11.4 Å². The highest BCUT2D eigenvalue weighted by molar-refractivity contribution is 6.03. The molecule has 1 saturated heterocycles. The van der Waals surface area contributed by atoms with Crippen molar-refractivity contribution in [3.8, 4) is 0 Å². The van der Waals surface area contributed by atoms with E-state index in [4.69, 9.17) is 0 Å². The molecule has 0 unspecified atom stereocenters. The molecule has 1 aliphatic rings. The lowest BCUT2D eigenvalue weighted by molar-refractivity contribution is -0.122. The summed E-state index contributed by atoms with van der Waals surface area (Å²) in [6.45, 7) is 4.70. The highest BCUT2D eigenvalue weighted by atomic mass is 16.2. The lowest BCUT2D eigenvalue weighted by atomic mass is 10.0. The van der Waals surface area contributed by atoms with E-state index in [1.165, 1.54) is 5.56 Å². The summed E-state index contributed by atoms with van der Waals surface area (Å²) in [6, 6.07) is 17.4. The molecule has 1 atom stereocenters. The maximum Gasteiger partial charge on any atom is 0.229 e. The Kier molecular flexibility index (Phi) is 4.65. The summed E-state index contributed by atoms with van der Waals surface area (Å²) in [5.41, 5.74) is 2.85. The van der Waals surface area contributed by atoms with Gasteiger partial charge in [0.05, 0.1) is 5.92 Å². The Balaban J connectivity index is 1.65. The van der Waals surface area contributed by atoms with Gasteiger partial charge in [0.15, 0.2) is 0 Å². The quantitative estimate of drug-likeness (QED) is 0.931. The van der Waals surface area contributed by atoms with Crippen molar-refractivity contribution >= 4 is 23.2 Å². The van der Waals surface area contributed by atoms with E-state index in [-0.39, 0.29) is 24.2 Å². The molecule has 1 N–H and O–H groups in total. The lowest BCUT2D eigenvalue weighted by Gasteiger charge is -2.16. The van der Waals surface area contributed by atoms with Gasteiger partial charge < -0.3 is 10.2 Å². The number of nitrogens with zero attached hydrogens (tertiary/aromatic N) is 1. The Bertz CT molecular complexity index is 723. The number of hydrogen-bond donors (Lipinski definition) is 1. The molecule has 24 heavy (non-hydrogen) atoms. The summed E-state index contributed by atoms with van der Waals surface area (Å²) < 4.78 is 0. The number of hydrogen-bond acceptors (Lipinski definition) is 2. The number of nitrogens with one attached hydrogen (secondary N) is 1. The summed E-state index contributed by atoms with van der Waals surface area (Å²) >= 11 is 0. The third-order valence-corrected chi connectivity index (χ3v) is 4.41. The molecule has 0 radical (unpaired) electrons. The topological polar surface area (TPSA) is 49.4 Å². The first-order valence-electron chi connectivity index (χ1n) is 8.31. The Labute approximate surface area is 142 Å². The molecular formula is C20H22N2O2. The molecular weight excluding hydrogens is 300 g/mol. The van der Waals surface area contributed by atoms with E-state index in [1.54, 1.807) is 4.90 Å². The van der Waals surface area contributed by atoms with Crippen LogP contribution in [0.25, 0.3) is 0 Å². The van der Waals surface area contributed by atoms with Crippen molar-refractivity contribution in [2.75, 3.05) is 16.8 Å². The van der Waals surface area contributed by atoms with Gasteiger partial charge in [-0.3, -0.25) is 9.59 Å². The van der Waals surface area contributed by atoms with E-state index in [1.807, 2.05) is 54.6 Å². The standard InChI is InChI=1S/C20H22N2O2/c1-14(2)15-8-10-17(11-9-15)21-20(24)16-12-19(23)22(13-16)18-6-4-3-5-7-18/h3-11,14,16H,12-13H2,1-2H3,(H,21,24)/t16-/m0/s1. The fourth-order valence-electron chi connectivity index (χ4n) is 2.94. The summed E-state index contributed by atoms with van der Waals surface area (Å²) in [4.78, 5) is 26.4. The normalized spacial score (nSPS) is 17.4. The van der Waals surface area contributed by atoms with Gasteiger partial charge in [-0.15, -0.1) is 0 Å². The first-order chi connectivity index (χ1) is 11.5. The van der Waals surface area contributed by atoms with Gasteiger partial charge in [0.2, 0.25) is 11.8 Å². The fraction of sp³-hybridized carbons (Fsp3) is 0.300. The molecule has 1 heterocycles. The van der Waals surface area contributed by atoms with E-state index in [2.05, 4.69) is 19.2 Å². The first kappa shape index (κ1) is 16.2. The van der Waals surface area contributed by atoms with Gasteiger partial charge in [0.1, 0.15) is 0 Å². The maximum absolute atomic E-state index is 12.5. The maximum atomic E-state index is 12.5. The van der Waals surface area contributed by atoms with Crippen LogP contribution >= 0.6 is 0 Å². The Hall–Kier alpha value is -2.62. The second-order valence-corrected chi connectivity index (χ2v) is 6.51. The van der Waals surface area contributed by atoms with Crippen molar-refractivity contribution in [1.82, 2.24) is 0 Å². The predicted octanol–water partition coefficient (Wildman–Crippen LogP) is 3.80. The largest absolute Gasteiger partial charge is 0.326 e. The second kappa shape index (κ2) is 6.87. The highest BCUT2D eigenvalue weighted by Gasteiger charge is 2.35. The first-order valence-corrected chi connectivity index (χ1v) is 8.31. The van der Waals surface area contributed by atoms with Crippen LogP contribution in [0.3, 0.4) is 0 Å². The molecule has 3 rings (SSSR count). The number of anilines is 2. The zero-order valence-electron chi connectivity index (χ0n) is 14.0. The van der Waals surface area contributed by atoms with Gasteiger partial charge in [-0.25, -0.2) is 0 Å².